The molecule has 4 heteroatoms. The minimum Gasteiger partial charge on any atom is -0.292 e. The van der Waals surface area contributed by atoms with E-state index in [1.807, 2.05) is 0 Å². The summed E-state index contributed by atoms with van der Waals surface area (Å²) in [5, 5.41) is 0. The second-order valence-electron chi connectivity index (χ2n) is 15.5. The third-order valence-electron chi connectivity index (χ3n) is 11.3. The molecule has 4 aliphatic heterocycles. The van der Waals surface area contributed by atoms with Gasteiger partial charge in [-0.15, -0.1) is 0 Å². The van der Waals surface area contributed by atoms with Gasteiger partial charge in [0.05, 0.1) is 0 Å². The van der Waals surface area contributed by atoms with Crippen molar-refractivity contribution in [2.45, 2.75) is 181 Å². The van der Waals surface area contributed by atoms with Gasteiger partial charge < -0.3 is 0 Å². The fraction of sp³-hybridized carbons (Fsp3) is 0.700. The third-order valence-corrected chi connectivity index (χ3v) is 11.3. The van der Waals surface area contributed by atoms with Gasteiger partial charge in [-0.1, -0.05) is 74.2 Å². The Labute approximate surface area is 271 Å². The van der Waals surface area contributed by atoms with Crippen LogP contribution >= 0.6 is 0 Å². The zero-order valence-electron chi connectivity index (χ0n) is 29.5. The maximum absolute atomic E-state index is 2.84. The molecular weight excluding hydrogens is 536 g/mol. The van der Waals surface area contributed by atoms with Crippen molar-refractivity contribution in [1.29, 1.82) is 0 Å². The van der Waals surface area contributed by atoms with E-state index in [1.165, 1.54) is 73.6 Å². The van der Waals surface area contributed by atoms with Crippen LogP contribution in [0.1, 0.15) is 129 Å². The van der Waals surface area contributed by atoms with Crippen LogP contribution in [0, 0.1) is 0 Å². The van der Waals surface area contributed by atoms with Gasteiger partial charge in [0.25, 0.3) is 0 Å². The SMILES string of the molecule is CC(C)N1Cc2ccc(cc2)CN(C(C)C)[C@@H]2CCCC[C@H]2N(C(C)C)Cc2ccc(cc2)CN(C(C)C)[C@@H]2CCCC[C@H]21. The largest absolute Gasteiger partial charge is 0.292 e. The molecule has 6 aliphatic rings. The van der Waals surface area contributed by atoms with Gasteiger partial charge in [0.2, 0.25) is 0 Å². The van der Waals surface area contributed by atoms with E-state index in [0.717, 1.165) is 26.2 Å². The van der Waals surface area contributed by atoms with Crippen molar-refractivity contribution < 1.29 is 0 Å². The quantitative estimate of drug-likeness (QED) is 0.347. The van der Waals surface area contributed by atoms with Crippen LogP contribution in [0.25, 0.3) is 0 Å². The summed E-state index contributed by atoms with van der Waals surface area (Å²) in [5.74, 6) is 0. The van der Waals surface area contributed by atoms with Crippen molar-refractivity contribution in [3.63, 3.8) is 0 Å². The van der Waals surface area contributed by atoms with Crippen molar-refractivity contribution in [2.24, 2.45) is 0 Å². The molecule has 244 valence electrons. The zero-order valence-corrected chi connectivity index (χ0v) is 29.5. The summed E-state index contributed by atoms with van der Waals surface area (Å²) in [4.78, 5) is 11.3. The van der Waals surface area contributed by atoms with E-state index in [2.05, 4.69) is 124 Å². The molecule has 0 N–H and O–H groups in total. The Morgan fingerprint density at radius 1 is 0.364 bits per heavy atom. The molecule has 2 saturated carbocycles. The minimum absolute atomic E-state index is 0.523. The highest BCUT2D eigenvalue weighted by Crippen LogP contribution is 2.34. The van der Waals surface area contributed by atoms with E-state index >= 15 is 0 Å². The Morgan fingerprint density at radius 2 is 0.545 bits per heavy atom. The number of hydrogen-bond acceptors (Lipinski definition) is 4. The minimum atomic E-state index is 0.523. The number of nitrogens with zero attached hydrogens (tertiary/aromatic N) is 4. The summed E-state index contributed by atoms with van der Waals surface area (Å²) in [6.45, 7) is 23.5. The van der Waals surface area contributed by atoms with E-state index in [0.29, 0.717) is 48.3 Å². The van der Waals surface area contributed by atoms with Crippen LogP contribution in [-0.4, -0.2) is 67.9 Å². The monoisotopic (exact) mass is 601 g/mol. The molecule has 0 aromatic heterocycles. The average Bonchev–Trinajstić information content (AvgIpc) is 3.00. The van der Waals surface area contributed by atoms with Crippen LogP contribution in [0.2, 0.25) is 0 Å². The zero-order chi connectivity index (χ0) is 31.4. The van der Waals surface area contributed by atoms with Gasteiger partial charge in [-0.2, -0.15) is 0 Å². The van der Waals surface area contributed by atoms with Crippen LogP contribution < -0.4 is 0 Å². The Kier molecular flexibility index (Phi) is 11.7. The van der Waals surface area contributed by atoms with Gasteiger partial charge in [0.1, 0.15) is 0 Å². The van der Waals surface area contributed by atoms with Gasteiger partial charge >= 0.3 is 0 Å². The summed E-state index contributed by atoms with van der Waals surface area (Å²) in [7, 11) is 0. The second kappa shape index (κ2) is 15.2. The highest BCUT2D eigenvalue weighted by molar-refractivity contribution is 5.25. The van der Waals surface area contributed by atoms with Crippen LogP contribution in [-0.2, 0) is 26.2 Å². The molecule has 2 aromatic carbocycles. The van der Waals surface area contributed by atoms with Crippen molar-refractivity contribution >= 4 is 0 Å². The molecule has 4 atom stereocenters. The van der Waals surface area contributed by atoms with Crippen LogP contribution in [0.3, 0.4) is 0 Å². The molecule has 4 nitrogen and oxygen atoms in total. The maximum Gasteiger partial charge on any atom is 0.0258 e. The highest BCUT2D eigenvalue weighted by Gasteiger charge is 2.38. The van der Waals surface area contributed by atoms with Crippen molar-refractivity contribution in [2.75, 3.05) is 0 Å². The molecular formula is C40H64N4. The lowest BCUT2D eigenvalue weighted by Gasteiger charge is -2.48. The Morgan fingerprint density at radius 3 is 0.705 bits per heavy atom. The molecule has 0 radical (unpaired) electrons. The predicted molar refractivity (Wildman–Crippen MR) is 188 cm³/mol. The van der Waals surface area contributed by atoms with Crippen LogP contribution in [0.5, 0.6) is 0 Å². The number of benzene rings is 2. The maximum atomic E-state index is 2.84. The summed E-state index contributed by atoms with van der Waals surface area (Å²) in [6.07, 6.45) is 10.6. The summed E-state index contributed by atoms with van der Waals surface area (Å²) in [5.41, 5.74) is 5.85. The van der Waals surface area contributed by atoms with Gasteiger partial charge in [0, 0.05) is 74.5 Å². The smallest absolute Gasteiger partial charge is 0.0258 e. The van der Waals surface area contributed by atoms with E-state index in [4.69, 9.17) is 0 Å². The lowest BCUT2D eigenvalue weighted by molar-refractivity contribution is 0.00679. The topological polar surface area (TPSA) is 13.0 Å². The second-order valence-corrected chi connectivity index (χ2v) is 15.5. The van der Waals surface area contributed by atoms with Gasteiger partial charge in [-0.3, -0.25) is 19.6 Å². The fourth-order valence-corrected chi connectivity index (χ4v) is 8.81. The van der Waals surface area contributed by atoms with E-state index in [-0.39, 0.29) is 0 Å². The first-order valence-corrected chi connectivity index (χ1v) is 18.3. The molecule has 4 heterocycles. The summed E-state index contributed by atoms with van der Waals surface area (Å²) < 4.78 is 0. The third kappa shape index (κ3) is 7.97. The van der Waals surface area contributed by atoms with E-state index in [9.17, 15) is 0 Å². The summed E-state index contributed by atoms with van der Waals surface area (Å²) >= 11 is 0. The lowest BCUT2D eigenvalue weighted by atomic mass is 9.85. The van der Waals surface area contributed by atoms with Gasteiger partial charge in [0.15, 0.2) is 0 Å². The molecule has 8 rings (SSSR count). The van der Waals surface area contributed by atoms with E-state index < -0.39 is 0 Å². The summed E-state index contributed by atoms with van der Waals surface area (Å²) in [6, 6.07) is 24.0. The van der Waals surface area contributed by atoms with Crippen LogP contribution in [0.15, 0.2) is 48.5 Å². The standard InChI is InChI=1S/C40H64N4/c1-29(2)41-25-33-17-19-34(20-18-33)27-43(31(5)6)39-15-11-12-16-40(39)44(32(7)8)28-36-23-21-35(22-24-36)26-42(30(3)4)38-14-10-9-13-37(38)41/h17-24,29-32,37-40H,9-16,25-28H2,1-8H3/t37-,38-,39-,40-/m1/s1. The first-order chi connectivity index (χ1) is 21.1. The molecule has 4 bridgehead atoms. The number of hydrogen-bond donors (Lipinski definition) is 0. The van der Waals surface area contributed by atoms with Crippen molar-refractivity contribution in [3.8, 4) is 0 Å². The Hall–Kier alpha value is -1.72. The van der Waals surface area contributed by atoms with Crippen LogP contribution in [0.4, 0.5) is 0 Å². The Balaban J connectivity index is 1.55. The molecule has 0 spiro atoms. The Bertz CT molecular complexity index is 955. The predicted octanol–water partition coefficient (Wildman–Crippen LogP) is 8.86. The molecule has 44 heavy (non-hydrogen) atoms. The first kappa shape index (κ1) is 33.6. The van der Waals surface area contributed by atoms with Crippen molar-refractivity contribution in [1.82, 2.24) is 19.6 Å². The lowest BCUT2D eigenvalue weighted by Crippen LogP contribution is -2.56. The highest BCUT2D eigenvalue weighted by atomic mass is 15.3. The fourth-order valence-electron chi connectivity index (χ4n) is 8.81. The average molecular weight is 601 g/mol. The normalized spacial score (nSPS) is 27.4. The molecule has 2 aliphatic carbocycles. The van der Waals surface area contributed by atoms with Crippen molar-refractivity contribution in [3.05, 3.63) is 70.8 Å². The molecule has 0 unspecified atom stereocenters. The van der Waals surface area contributed by atoms with E-state index in [1.54, 1.807) is 0 Å². The molecule has 2 fully saturated rings. The number of rotatable bonds is 4. The molecule has 0 saturated heterocycles. The van der Waals surface area contributed by atoms with Gasteiger partial charge in [-0.05, 0) is 103 Å². The molecule has 2 aromatic rings. The first-order valence-electron chi connectivity index (χ1n) is 18.3. The molecule has 0 amide bonds. The van der Waals surface area contributed by atoms with Gasteiger partial charge in [-0.25, -0.2) is 0 Å².